The van der Waals surface area contributed by atoms with E-state index in [1.165, 1.54) is 69.4 Å². The summed E-state index contributed by atoms with van der Waals surface area (Å²) in [6.45, 7) is 10.5. The molecule has 4 saturated carbocycles. The van der Waals surface area contributed by atoms with Crippen LogP contribution in [0.2, 0.25) is 0 Å². The maximum atomic E-state index is 14.7. The number of ketones is 2. The van der Waals surface area contributed by atoms with Crippen LogP contribution in [0, 0.1) is 40.3 Å². The molecule has 0 amide bonds. The summed E-state index contributed by atoms with van der Waals surface area (Å²) in [7, 11) is 0. The van der Waals surface area contributed by atoms with E-state index < -0.39 is 5.82 Å². The molecule has 7 rings (SSSR count). The standard InChI is InChI=1S/C44H56FNO3/c1-29-20-22-43(2)31(25-29)15-16-34-36-17-19-42(44(36,3)23-21-37(34)43)49-24-10-6-4-5-7-13-40(47)35-26-30(14-18-38(35)45)27-39-32-11-8-9-12-33(32)41(48)28-46-39/h8-9,11-12,14,18,26,31,34,36-37,42H,1,4-7,10,13,15-17,19-25,27-28H2,2-3H3/t31-,34-,36-,37-,42-,43-,44-/m0/s1. The summed E-state index contributed by atoms with van der Waals surface area (Å²) in [5, 5.41) is 0. The Balaban J connectivity index is 0.826. The second-order valence-electron chi connectivity index (χ2n) is 16.8. The number of hydrogen-bond acceptors (Lipinski definition) is 4. The number of aliphatic imine (C=N–C) groups is 1. The molecule has 1 aliphatic heterocycles. The minimum Gasteiger partial charge on any atom is -0.378 e. The smallest absolute Gasteiger partial charge is 0.184 e. The Kier molecular flexibility index (Phi) is 10.1. The first kappa shape index (κ1) is 34.5. The van der Waals surface area contributed by atoms with Gasteiger partial charge in [0.2, 0.25) is 0 Å². The van der Waals surface area contributed by atoms with Crippen molar-refractivity contribution in [1.82, 2.24) is 0 Å². The highest BCUT2D eigenvalue weighted by Gasteiger charge is 2.60. The van der Waals surface area contributed by atoms with Gasteiger partial charge in [0.25, 0.3) is 0 Å². The van der Waals surface area contributed by atoms with Gasteiger partial charge in [0, 0.05) is 36.3 Å². The van der Waals surface area contributed by atoms with E-state index in [0.717, 1.165) is 79.2 Å². The van der Waals surface area contributed by atoms with Crippen molar-refractivity contribution in [2.75, 3.05) is 13.2 Å². The van der Waals surface area contributed by atoms with Gasteiger partial charge < -0.3 is 4.74 Å². The van der Waals surface area contributed by atoms with Gasteiger partial charge in [-0.25, -0.2) is 4.39 Å². The number of carbonyl (C=O) groups is 2. The molecule has 0 radical (unpaired) electrons. The van der Waals surface area contributed by atoms with Gasteiger partial charge in [-0.3, -0.25) is 14.6 Å². The minimum atomic E-state index is -0.467. The first-order valence-corrected chi connectivity index (χ1v) is 19.4. The minimum absolute atomic E-state index is 0.0128. The van der Waals surface area contributed by atoms with Crippen LogP contribution in [0.3, 0.4) is 0 Å². The van der Waals surface area contributed by atoms with Gasteiger partial charge in [0.1, 0.15) is 12.4 Å². The highest BCUT2D eigenvalue weighted by Crippen LogP contribution is 2.66. The lowest BCUT2D eigenvalue weighted by Gasteiger charge is -2.60. The second kappa shape index (κ2) is 14.4. The molecule has 49 heavy (non-hydrogen) atoms. The molecular formula is C44H56FNO3. The van der Waals surface area contributed by atoms with Crippen molar-refractivity contribution < 1.29 is 18.7 Å². The third kappa shape index (κ3) is 6.78. The Morgan fingerprint density at radius 3 is 2.55 bits per heavy atom. The van der Waals surface area contributed by atoms with Crippen molar-refractivity contribution in [3.8, 4) is 0 Å². The van der Waals surface area contributed by atoms with Crippen LogP contribution in [-0.2, 0) is 11.2 Å². The third-order valence-corrected chi connectivity index (χ3v) is 14.1. The van der Waals surface area contributed by atoms with Crippen LogP contribution >= 0.6 is 0 Å². The zero-order chi connectivity index (χ0) is 34.2. The molecule has 7 atom stereocenters. The predicted molar refractivity (Wildman–Crippen MR) is 195 cm³/mol. The first-order valence-electron chi connectivity index (χ1n) is 19.4. The average Bonchev–Trinajstić information content (AvgIpc) is 3.44. The maximum Gasteiger partial charge on any atom is 0.184 e. The van der Waals surface area contributed by atoms with E-state index >= 15 is 0 Å². The predicted octanol–water partition coefficient (Wildman–Crippen LogP) is 10.6. The van der Waals surface area contributed by atoms with Gasteiger partial charge in [-0.05, 0) is 123 Å². The van der Waals surface area contributed by atoms with Crippen LogP contribution in [0.4, 0.5) is 4.39 Å². The molecule has 4 nitrogen and oxygen atoms in total. The number of benzene rings is 2. The molecule has 4 fully saturated rings. The van der Waals surface area contributed by atoms with E-state index in [2.05, 4.69) is 25.4 Å². The Morgan fingerprint density at radius 1 is 0.918 bits per heavy atom. The summed E-state index contributed by atoms with van der Waals surface area (Å²) in [6.07, 6.45) is 18.2. The Labute approximate surface area is 293 Å². The molecule has 2 aromatic rings. The first-order chi connectivity index (χ1) is 23.7. The number of nitrogens with zero attached hydrogens (tertiary/aromatic N) is 1. The molecule has 5 heteroatoms. The molecule has 262 valence electrons. The highest BCUT2D eigenvalue weighted by atomic mass is 19.1. The van der Waals surface area contributed by atoms with Gasteiger partial charge >= 0.3 is 0 Å². The molecular weight excluding hydrogens is 609 g/mol. The van der Waals surface area contributed by atoms with Gasteiger partial charge in [-0.1, -0.05) is 75.6 Å². The van der Waals surface area contributed by atoms with Crippen molar-refractivity contribution in [2.24, 2.45) is 39.5 Å². The highest BCUT2D eigenvalue weighted by molar-refractivity contribution is 6.15. The molecule has 0 bridgehead atoms. The lowest BCUT2D eigenvalue weighted by atomic mass is 9.45. The summed E-state index contributed by atoms with van der Waals surface area (Å²) >= 11 is 0. The van der Waals surface area contributed by atoms with Crippen LogP contribution in [0.15, 0.2) is 59.6 Å². The molecule has 0 saturated heterocycles. The van der Waals surface area contributed by atoms with Gasteiger partial charge in [0.15, 0.2) is 11.6 Å². The number of hydrogen-bond donors (Lipinski definition) is 0. The van der Waals surface area contributed by atoms with E-state index in [-0.39, 0.29) is 23.7 Å². The van der Waals surface area contributed by atoms with E-state index in [1.54, 1.807) is 12.1 Å². The molecule has 0 aromatic heterocycles. The molecule has 0 unspecified atom stereocenters. The van der Waals surface area contributed by atoms with Gasteiger partial charge in [-0.15, -0.1) is 0 Å². The fourth-order valence-electron chi connectivity index (χ4n) is 11.2. The number of ether oxygens (including phenoxy) is 1. The topological polar surface area (TPSA) is 55.7 Å². The Morgan fingerprint density at radius 2 is 1.69 bits per heavy atom. The number of rotatable bonds is 12. The van der Waals surface area contributed by atoms with Crippen molar-refractivity contribution in [3.63, 3.8) is 0 Å². The van der Waals surface area contributed by atoms with Crippen LogP contribution in [0.1, 0.15) is 142 Å². The number of fused-ring (bicyclic) bond motifs is 6. The summed E-state index contributed by atoms with van der Waals surface area (Å²) in [6, 6.07) is 12.3. The zero-order valence-corrected chi connectivity index (χ0v) is 29.9. The molecule has 2 aromatic carbocycles. The summed E-state index contributed by atoms with van der Waals surface area (Å²) < 4.78 is 21.4. The van der Waals surface area contributed by atoms with E-state index in [1.807, 2.05) is 24.3 Å². The van der Waals surface area contributed by atoms with Gasteiger partial charge in [-0.2, -0.15) is 0 Å². The van der Waals surface area contributed by atoms with Crippen molar-refractivity contribution >= 4 is 17.3 Å². The lowest BCUT2D eigenvalue weighted by Crippen LogP contribution is -2.53. The number of unbranched alkanes of at least 4 members (excludes halogenated alkanes) is 4. The fraction of sp³-hybridized carbons (Fsp3) is 0.614. The number of Topliss-reactive ketones (excluding diaryl/α,β-unsaturated/α-hetero) is 2. The normalized spacial score (nSPS) is 32.1. The molecule has 0 spiro atoms. The van der Waals surface area contributed by atoms with Crippen LogP contribution in [-0.4, -0.2) is 36.5 Å². The summed E-state index contributed by atoms with van der Waals surface area (Å²) in [4.78, 5) is 29.8. The molecule has 4 aliphatic carbocycles. The quantitative estimate of drug-likeness (QED) is 0.129. The van der Waals surface area contributed by atoms with Crippen LogP contribution in [0.5, 0.6) is 0 Å². The molecule has 5 aliphatic rings. The average molecular weight is 666 g/mol. The fourth-order valence-corrected chi connectivity index (χ4v) is 11.2. The SMILES string of the molecule is C=C1CC[C@@]2(C)[C@@H](CC[C@@H]3[C@@H]2CC[C@]2(C)[C@@H](OCCCCCCCC(=O)c4cc(CC5=NCC(=O)c6ccccc65)ccc4F)CC[C@@H]32)C1. The monoisotopic (exact) mass is 665 g/mol. The largest absolute Gasteiger partial charge is 0.378 e. The second-order valence-corrected chi connectivity index (χ2v) is 16.8. The van der Waals surface area contributed by atoms with E-state index in [4.69, 9.17) is 4.74 Å². The van der Waals surface area contributed by atoms with Crippen molar-refractivity contribution in [2.45, 2.75) is 123 Å². The van der Waals surface area contributed by atoms with Crippen LogP contribution in [0.25, 0.3) is 0 Å². The molecule has 0 N–H and O–H groups in total. The van der Waals surface area contributed by atoms with Crippen molar-refractivity contribution in [3.05, 3.63) is 82.7 Å². The van der Waals surface area contributed by atoms with E-state index in [0.29, 0.717) is 35.3 Å². The zero-order valence-electron chi connectivity index (χ0n) is 29.9. The van der Waals surface area contributed by atoms with Gasteiger partial charge in [0.05, 0.1) is 11.7 Å². The maximum absolute atomic E-state index is 14.7. The third-order valence-electron chi connectivity index (χ3n) is 14.1. The lowest BCUT2D eigenvalue weighted by molar-refractivity contribution is -0.126. The van der Waals surface area contributed by atoms with Crippen LogP contribution < -0.4 is 0 Å². The summed E-state index contributed by atoms with van der Waals surface area (Å²) in [5.74, 6) is 2.87. The number of carbonyl (C=O) groups excluding carboxylic acids is 2. The number of halogens is 1. The Bertz CT molecular complexity index is 1610. The Hall–Kier alpha value is -2.92. The van der Waals surface area contributed by atoms with Crippen molar-refractivity contribution in [1.29, 1.82) is 0 Å². The van der Waals surface area contributed by atoms with E-state index in [9.17, 15) is 14.0 Å². The number of allylic oxidation sites excluding steroid dienone is 1. The summed E-state index contributed by atoms with van der Waals surface area (Å²) in [5.41, 5.74) is 5.67. The molecule has 1 heterocycles.